The molecular weight excluding hydrogens is 463 g/mol. The Morgan fingerprint density at radius 2 is 1.97 bits per heavy atom. The fraction of sp³-hybridized carbons (Fsp3) is 0.250. The van der Waals surface area contributed by atoms with Crippen LogP contribution in [-0.4, -0.2) is 46.4 Å². The van der Waals surface area contributed by atoms with Crippen molar-refractivity contribution in [1.82, 2.24) is 14.9 Å². The predicted molar refractivity (Wildman–Crippen MR) is 125 cm³/mol. The van der Waals surface area contributed by atoms with E-state index < -0.39 is 0 Å². The van der Waals surface area contributed by atoms with E-state index in [9.17, 15) is 9.59 Å². The molecule has 2 aromatic carbocycles. The van der Waals surface area contributed by atoms with E-state index in [1.54, 1.807) is 35.4 Å². The van der Waals surface area contributed by atoms with E-state index in [-0.39, 0.29) is 31.0 Å². The topological polar surface area (TPSA) is 75.6 Å². The van der Waals surface area contributed by atoms with E-state index >= 15 is 0 Å². The van der Waals surface area contributed by atoms with Gasteiger partial charge < -0.3 is 9.64 Å². The third-order valence-corrected chi connectivity index (χ3v) is 6.30. The van der Waals surface area contributed by atoms with Gasteiger partial charge in [0.25, 0.3) is 5.91 Å². The minimum atomic E-state index is -0.279. The molecule has 0 saturated carbocycles. The molecule has 0 radical (unpaired) electrons. The highest BCUT2D eigenvalue weighted by atomic mass is 35.5. The third kappa shape index (κ3) is 4.38. The number of amides is 2. The van der Waals surface area contributed by atoms with Crippen LogP contribution >= 0.6 is 23.2 Å². The predicted octanol–water partition coefficient (Wildman–Crippen LogP) is 4.54. The molecule has 5 rings (SSSR count). The Hall–Kier alpha value is -3.16. The number of aromatic nitrogens is 2. The second-order valence-corrected chi connectivity index (χ2v) is 8.81. The Morgan fingerprint density at radius 1 is 1.12 bits per heavy atom. The van der Waals surface area contributed by atoms with Crippen molar-refractivity contribution < 1.29 is 14.3 Å². The lowest BCUT2D eigenvalue weighted by Crippen LogP contribution is -2.46. The van der Waals surface area contributed by atoms with Crippen LogP contribution in [0, 0.1) is 0 Å². The van der Waals surface area contributed by atoms with Gasteiger partial charge in [-0.25, -0.2) is 9.97 Å². The molecule has 1 atom stereocenters. The van der Waals surface area contributed by atoms with Crippen LogP contribution in [0.15, 0.2) is 54.7 Å². The highest BCUT2D eigenvalue weighted by Crippen LogP contribution is 2.36. The van der Waals surface area contributed by atoms with Crippen LogP contribution in [0.5, 0.6) is 5.75 Å². The first kappa shape index (κ1) is 21.7. The molecule has 2 amide bonds. The summed E-state index contributed by atoms with van der Waals surface area (Å²) >= 11 is 12.2. The molecule has 0 aliphatic carbocycles. The number of hydrogen-bond acceptors (Lipinski definition) is 5. The molecule has 7 nitrogen and oxygen atoms in total. The average molecular weight is 483 g/mol. The van der Waals surface area contributed by atoms with Crippen LogP contribution in [0.2, 0.25) is 10.0 Å². The van der Waals surface area contributed by atoms with Crippen LogP contribution < -0.4 is 9.64 Å². The molecule has 1 saturated heterocycles. The SMILES string of the molecule is O=C1COc2ccc(Cl)cc2N1CC(=O)N1CCC[C@H]1c1ccnc(-c2cccc(Cl)c2)n1. The molecule has 1 aromatic heterocycles. The first-order valence-corrected chi connectivity index (χ1v) is 11.4. The Bertz CT molecular complexity index is 1240. The highest BCUT2D eigenvalue weighted by molar-refractivity contribution is 6.31. The second kappa shape index (κ2) is 9.00. The summed E-state index contributed by atoms with van der Waals surface area (Å²) in [5.41, 5.74) is 2.09. The summed E-state index contributed by atoms with van der Waals surface area (Å²) in [6.07, 6.45) is 3.34. The van der Waals surface area contributed by atoms with Crippen LogP contribution in [0.1, 0.15) is 24.6 Å². The van der Waals surface area contributed by atoms with Crippen molar-refractivity contribution in [1.29, 1.82) is 0 Å². The van der Waals surface area contributed by atoms with Gasteiger partial charge in [-0.15, -0.1) is 0 Å². The van der Waals surface area contributed by atoms with Crippen LogP contribution in [0.25, 0.3) is 11.4 Å². The minimum absolute atomic E-state index is 0.0851. The lowest BCUT2D eigenvalue weighted by Gasteiger charge is -2.32. The number of anilines is 1. The van der Waals surface area contributed by atoms with Crippen LogP contribution in [0.3, 0.4) is 0 Å². The quantitative estimate of drug-likeness (QED) is 0.545. The molecule has 9 heteroatoms. The molecule has 0 unspecified atom stereocenters. The van der Waals surface area contributed by atoms with Gasteiger partial charge in [0.2, 0.25) is 5.91 Å². The molecule has 0 spiro atoms. The molecular formula is C24H20Cl2N4O3. The maximum atomic E-state index is 13.3. The number of likely N-dealkylation sites (tertiary alicyclic amines) is 1. The monoisotopic (exact) mass is 482 g/mol. The van der Waals surface area contributed by atoms with Gasteiger partial charge in [-0.2, -0.15) is 0 Å². The average Bonchev–Trinajstić information content (AvgIpc) is 3.31. The Kier molecular flexibility index (Phi) is 5.91. The summed E-state index contributed by atoms with van der Waals surface area (Å²) in [5.74, 6) is 0.661. The number of hydrogen-bond donors (Lipinski definition) is 0. The third-order valence-electron chi connectivity index (χ3n) is 5.83. The smallest absolute Gasteiger partial charge is 0.265 e. The molecule has 3 aromatic rings. The van der Waals surface area contributed by atoms with E-state index in [1.807, 2.05) is 24.3 Å². The van der Waals surface area contributed by atoms with Crippen molar-refractivity contribution in [2.75, 3.05) is 24.6 Å². The van der Waals surface area contributed by atoms with Crippen LogP contribution in [-0.2, 0) is 9.59 Å². The fourth-order valence-corrected chi connectivity index (χ4v) is 4.63. The van der Waals surface area contributed by atoms with Crippen molar-refractivity contribution in [2.24, 2.45) is 0 Å². The summed E-state index contributed by atoms with van der Waals surface area (Å²) in [7, 11) is 0. The maximum absolute atomic E-state index is 13.3. The summed E-state index contributed by atoms with van der Waals surface area (Å²) < 4.78 is 5.48. The van der Waals surface area contributed by atoms with Gasteiger partial charge in [-0.3, -0.25) is 14.5 Å². The number of benzene rings is 2. The minimum Gasteiger partial charge on any atom is -0.482 e. The zero-order valence-electron chi connectivity index (χ0n) is 17.6. The van der Waals surface area contributed by atoms with Gasteiger partial charge in [0.1, 0.15) is 12.3 Å². The van der Waals surface area contributed by atoms with Crippen molar-refractivity contribution in [3.05, 3.63) is 70.5 Å². The van der Waals surface area contributed by atoms with Crippen molar-refractivity contribution in [2.45, 2.75) is 18.9 Å². The maximum Gasteiger partial charge on any atom is 0.265 e. The lowest BCUT2D eigenvalue weighted by molar-refractivity contribution is -0.132. The summed E-state index contributed by atoms with van der Waals surface area (Å²) in [4.78, 5) is 38.2. The number of rotatable bonds is 4. The lowest BCUT2D eigenvalue weighted by atomic mass is 10.1. The number of ether oxygens (including phenoxy) is 1. The highest BCUT2D eigenvalue weighted by Gasteiger charge is 2.35. The standard InChI is InChI=1S/C24H20Cl2N4O3/c25-16-4-1-3-15(11-16)24-27-9-8-18(28-24)19-5-2-10-29(19)22(31)13-30-20-12-17(26)6-7-21(20)33-14-23(30)32/h1,3-4,6-9,11-12,19H,2,5,10,13-14H2/t19-/m0/s1. The number of carbonyl (C=O) groups is 2. The van der Waals surface area contributed by atoms with E-state index in [0.29, 0.717) is 33.9 Å². The van der Waals surface area contributed by atoms with Gasteiger partial charge in [0.05, 0.1) is 17.4 Å². The van der Waals surface area contributed by atoms with Gasteiger partial charge in [-0.05, 0) is 49.2 Å². The van der Waals surface area contributed by atoms with E-state index in [2.05, 4.69) is 4.98 Å². The molecule has 2 aliphatic heterocycles. The Morgan fingerprint density at radius 3 is 2.82 bits per heavy atom. The number of nitrogens with zero attached hydrogens (tertiary/aromatic N) is 4. The van der Waals surface area contributed by atoms with Gasteiger partial charge in [0.15, 0.2) is 12.4 Å². The number of fused-ring (bicyclic) bond motifs is 1. The summed E-state index contributed by atoms with van der Waals surface area (Å²) in [6, 6.07) is 14.0. The zero-order valence-corrected chi connectivity index (χ0v) is 19.1. The zero-order chi connectivity index (χ0) is 22.9. The molecule has 33 heavy (non-hydrogen) atoms. The molecule has 0 N–H and O–H groups in total. The van der Waals surface area contributed by atoms with Crippen molar-refractivity contribution in [3.63, 3.8) is 0 Å². The van der Waals surface area contributed by atoms with Crippen molar-refractivity contribution in [3.8, 4) is 17.1 Å². The van der Waals surface area contributed by atoms with E-state index in [1.165, 1.54) is 4.90 Å². The van der Waals surface area contributed by atoms with Crippen molar-refractivity contribution >= 4 is 40.7 Å². The second-order valence-electron chi connectivity index (χ2n) is 7.94. The summed E-state index contributed by atoms with van der Waals surface area (Å²) in [6.45, 7) is 0.402. The molecule has 3 heterocycles. The van der Waals surface area contributed by atoms with Gasteiger partial charge in [-0.1, -0.05) is 35.3 Å². The van der Waals surface area contributed by atoms with Crippen LogP contribution in [0.4, 0.5) is 5.69 Å². The normalized spacial score (nSPS) is 17.6. The first-order chi connectivity index (χ1) is 16.0. The fourth-order valence-electron chi connectivity index (χ4n) is 4.27. The largest absolute Gasteiger partial charge is 0.482 e. The molecule has 0 bridgehead atoms. The van der Waals surface area contributed by atoms with E-state index in [4.69, 9.17) is 32.9 Å². The number of carbonyl (C=O) groups excluding carboxylic acids is 2. The molecule has 1 fully saturated rings. The first-order valence-electron chi connectivity index (χ1n) is 10.6. The Balaban J connectivity index is 1.39. The molecule has 2 aliphatic rings. The van der Waals surface area contributed by atoms with E-state index in [0.717, 1.165) is 24.1 Å². The molecule has 168 valence electrons. The number of halogens is 2. The van der Waals surface area contributed by atoms with Gasteiger partial charge >= 0.3 is 0 Å². The Labute approximate surface area is 200 Å². The van der Waals surface area contributed by atoms with Gasteiger partial charge in [0, 0.05) is 28.4 Å². The summed E-state index contributed by atoms with van der Waals surface area (Å²) in [5, 5.41) is 1.08.